The van der Waals surface area contributed by atoms with Crippen LogP contribution in [0.1, 0.15) is 38.4 Å². The molecule has 1 aromatic heterocycles. The van der Waals surface area contributed by atoms with Crippen LogP contribution >= 0.6 is 11.3 Å². The molecule has 2 rings (SSSR count). The third-order valence-electron chi connectivity index (χ3n) is 3.92. The summed E-state index contributed by atoms with van der Waals surface area (Å²) in [7, 11) is 2.17. The molecule has 0 bridgehead atoms. The Labute approximate surface area is 126 Å². The highest BCUT2D eigenvalue weighted by molar-refractivity contribution is 7.13. The second kappa shape index (κ2) is 7.00. The van der Waals surface area contributed by atoms with Crippen molar-refractivity contribution in [2.45, 2.75) is 46.2 Å². The first-order chi connectivity index (χ1) is 9.63. The summed E-state index contributed by atoms with van der Waals surface area (Å²) in [6.07, 6.45) is 2.26. The van der Waals surface area contributed by atoms with Gasteiger partial charge in [0.25, 0.3) is 0 Å². The molecule has 0 N–H and O–H groups in total. The van der Waals surface area contributed by atoms with E-state index in [0.29, 0.717) is 6.04 Å². The Bertz CT molecular complexity index is 530. The Kier molecular flexibility index (Phi) is 5.32. The summed E-state index contributed by atoms with van der Waals surface area (Å²) in [4.78, 5) is 7.13. The molecule has 0 saturated carbocycles. The Morgan fingerprint density at radius 2 is 1.90 bits per heavy atom. The molecule has 0 aliphatic rings. The van der Waals surface area contributed by atoms with E-state index in [4.69, 9.17) is 4.98 Å². The summed E-state index contributed by atoms with van der Waals surface area (Å²) in [6.45, 7) is 7.60. The van der Waals surface area contributed by atoms with Crippen molar-refractivity contribution in [1.29, 1.82) is 0 Å². The van der Waals surface area contributed by atoms with Crippen LogP contribution in [0.2, 0.25) is 0 Å². The molecule has 108 valence electrons. The summed E-state index contributed by atoms with van der Waals surface area (Å²) >= 11 is 1.74. The van der Waals surface area contributed by atoms with Crippen molar-refractivity contribution in [3.05, 3.63) is 40.9 Å². The topological polar surface area (TPSA) is 16.1 Å². The van der Waals surface area contributed by atoms with Crippen molar-refractivity contribution in [3.63, 3.8) is 0 Å². The van der Waals surface area contributed by atoms with Gasteiger partial charge in [-0.3, -0.25) is 4.90 Å². The van der Waals surface area contributed by atoms with Crippen molar-refractivity contribution in [1.82, 2.24) is 9.88 Å². The number of benzene rings is 1. The van der Waals surface area contributed by atoms with Gasteiger partial charge >= 0.3 is 0 Å². The molecule has 2 nitrogen and oxygen atoms in total. The quantitative estimate of drug-likeness (QED) is 0.772. The van der Waals surface area contributed by atoms with Crippen LogP contribution in [0.3, 0.4) is 0 Å². The van der Waals surface area contributed by atoms with E-state index in [1.54, 1.807) is 11.3 Å². The highest BCUT2D eigenvalue weighted by Crippen LogP contribution is 2.25. The minimum Gasteiger partial charge on any atom is -0.298 e. The van der Waals surface area contributed by atoms with Gasteiger partial charge in [0.15, 0.2) is 0 Å². The van der Waals surface area contributed by atoms with E-state index >= 15 is 0 Å². The first-order valence-corrected chi connectivity index (χ1v) is 8.26. The summed E-state index contributed by atoms with van der Waals surface area (Å²) in [6, 6.07) is 9.35. The third kappa shape index (κ3) is 3.68. The van der Waals surface area contributed by atoms with Crippen molar-refractivity contribution in [2.24, 2.45) is 0 Å². The van der Waals surface area contributed by atoms with E-state index in [1.807, 2.05) is 0 Å². The van der Waals surface area contributed by atoms with Gasteiger partial charge in [0.2, 0.25) is 0 Å². The number of aromatic nitrogens is 1. The second-order valence-corrected chi connectivity index (χ2v) is 6.22. The van der Waals surface area contributed by atoms with Crippen LogP contribution in [0.5, 0.6) is 0 Å². The molecule has 0 amide bonds. The largest absolute Gasteiger partial charge is 0.298 e. The Hall–Kier alpha value is -1.19. The minimum atomic E-state index is 0.601. The molecule has 0 fully saturated rings. The lowest BCUT2D eigenvalue weighted by Crippen LogP contribution is -2.27. The van der Waals surface area contributed by atoms with E-state index in [9.17, 15) is 0 Å². The average Bonchev–Trinajstić information content (AvgIpc) is 2.94. The molecule has 1 aromatic carbocycles. The van der Waals surface area contributed by atoms with E-state index in [2.05, 4.69) is 62.4 Å². The van der Waals surface area contributed by atoms with Gasteiger partial charge in [-0.1, -0.05) is 38.1 Å². The lowest BCUT2D eigenvalue weighted by molar-refractivity contribution is 0.241. The zero-order valence-corrected chi connectivity index (χ0v) is 13.7. The highest BCUT2D eigenvalue weighted by Gasteiger charge is 2.10. The summed E-state index contributed by atoms with van der Waals surface area (Å²) in [5.41, 5.74) is 3.78. The standard InChI is InChI=1S/C17H24N2S/c1-5-13(3)19(4)11-16-12-20-17(18-16)15-9-7-14(6-2)8-10-15/h7-10,12-13H,5-6,11H2,1-4H3. The van der Waals surface area contributed by atoms with E-state index < -0.39 is 0 Å². The maximum atomic E-state index is 4.77. The van der Waals surface area contributed by atoms with Crippen LogP contribution in [-0.2, 0) is 13.0 Å². The van der Waals surface area contributed by atoms with E-state index in [0.717, 1.165) is 18.0 Å². The monoisotopic (exact) mass is 288 g/mol. The van der Waals surface area contributed by atoms with Crippen molar-refractivity contribution >= 4 is 11.3 Å². The smallest absolute Gasteiger partial charge is 0.123 e. The number of rotatable bonds is 6. The Balaban J connectivity index is 2.08. The molecule has 3 heteroatoms. The fourth-order valence-corrected chi connectivity index (χ4v) is 2.94. The number of hydrogen-bond donors (Lipinski definition) is 0. The van der Waals surface area contributed by atoms with Crippen LogP contribution < -0.4 is 0 Å². The normalized spacial score (nSPS) is 12.8. The molecule has 2 aromatic rings. The number of nitrogens with zero attached hydrogens (tertiary/aromatic N) is 2. The third-order valence-corrected chi connectivity index (χ3v) is 4.86. The molecular formula is C17H24N2S. The maximum absolute atomic E-state index is 4.77. The lowest BCUT2D eigenvalue weighted by Gasteiger charge is -2.22. The summed E-state index contributed by atoms with van der Waals surface area (Å²) in [5, 5.41) is 3.31. The number of hydrogen-bond acceptors (Lipinski definition) is 3. The molecule has 20 heavy (non-hydrogen) atoms. The fourth-order valence-electron chi connectivity index (χ4n) is 2.12. The first kappa shape index (κ1) is 15.2. The van der Waals surface area contributed by atoms with Gasteiger partial charge in [0.05, 0.1) is 5.69 Å². The number of thiazole rings is 1. The Morgan fingerprint density at radius 1 is 1.20 bits per heavy atom. The zero-order valence-electron chi connectivity index (χ0n) is 12.9. The molecule has 0 radical (unpaired) electrons. The molecule has 1 atom stereocenters. The lowest BCUT2D eigenvalue weighted by atomic mass is 10.1. The van der Waals surface area contributed by atoms with Gasteiger partial charge in [0.1, 0.15) is 5.01 Å². The van der Waals surface area contributed by atoms with Gasteiger partial charge in [-0.25, -0.2) is 4.98 Å². The summed E-state index contributed by atoms with van der Waals surface area (Å²) < 4.78 is 0. The van der Waals surface area contributed by atoms with Crippen molar-refractivity contribution in [2.75, 3.05) is 7.05 Å². The van der Waals surface area contributed by atoms with Crippen LogP contribution in [0.25, 0.3) is 10.6 Å². The maximum Gasteiger partial charge on any atom is 0.123 e. The van der Waals surface area contributed by atoms with Gasteiger partial charge < -0.3 is 0 Å². The predicted octanol–water partition coefficient (Wildman–Crippen LogP) is 4.60. The van der Waals surface area contributed by atoms with Gasteiger partial charge in [-0.05, 0) is 32.4 Å². The number of aryl methyl sites for hydroxylation is 1. The highest BCUT2D eigenvalue weighted by atomic mass is 32.1. The zero-order chi connectivity index (χ0) is 14.5. The van der Waals surface area contributed by atoms with Gasteiger partial charge in [-0.2, -0.15) is 0 Å². The van der Waals surface area contributed by atoms with Crippen LogP contribution in [0.15, 0.2) is 29.6 Å². The first-order valence-electron chi connectivity index (χ1n) is 7.38. The minimum absolute atomic E-state index is 0.601. The summed E-state index contributed by atoms with van der Waals surface area (Å²) in [5.74, 6) is 0. The molecule has 1 unspecified atom stereocenters. The van der Waals surface area contributed by atoms with Crippen LogP contribution in [-0.4, -0.2) is 23.0 Å². The molecule has 1 heterocycles. The molecule has 0 spiro atoms. The molecule has 0 aliphatic carbocycles. The molecular weight excluding hydrogens is 264 g/mol. The van der Waals surface area contributed by atoms with Gasteiger partial charge in [-0.15, -0.1) is 11.3 Å². The SMILES string of the molecule is CCc1ccc(-c2nc(CN(C)C(C)CC)cs2)cc1. The Morgan fingerprint density at radius 3 is 2.50 bits per heavy atom. The van der Waals surface area contributed by atoms with Crippen molar-refractivity contribution in [3.8, 4) is 10.6 Å². The van der Waals surface area contributed by atoms with Crippen LogP contribution in [0, 0.1) is 0 Å². The molecule has 0 aliphatic heterocycles. The molecule has 0 saturated heterocycles. The predicted molar refractivity (Wildman–Crippen MR) is 88.1 cm³/mol. The average molecular weight is 288 g/mol. The van der Waals surface area contributed by atoms with Gasteiger partial charge in [0, 0.05) is 23.5 Å². The van der Waals surface area contributed by atoms with Crippen LogP contribution in [0.4, 0.5) is 0 Å². The van der Waals surface area contributed by atoms with Crippen molar-refractivity contribution < 1.29 is 0 Å². The van der Waals surface area contributed by atoms with E-state index in [-0.39, 0.29) is 0 Å². The van der Waals surface area contributed by atoms with E-state index in [1.165, 1.54) is 23.2 Å². The fraction of sp³-hybridized carbons (Fsp3) is 0.471. The second-order valence-electron chi connectivity index (χ2n) is 5.37.